The summed E-state index contributed by atoms with van der Waals surface area (Å²) in [6.45, 7) is 1.46. The second-order valence-corrected chi connectivity index (χ2v) is 3.60. The molecule has 13 heavy (non-hydrogen) atoms. The highest BCUT2D eigenvalue weighted by Gasteiger charge is 2.32. The summed E-state index contributed by atoms with van der Waals surface area (Å²) in [5.41, 5.74) is 0.0686. The third kappa shape index (κ3) is 2.02. The standard InChI is InChI=1S/C8H9ClO4/c1-4-2-8(9,13)3-5(10)6(4)7(11)12/h2,10,13H,3H2,1H3,(H,11,12). The fraction of sp³-hybridized carbons (Fsp3) is 0.375. The maximum atomic E-state index is 10.6. The lowest BCUT2D eigenvalue weighted by Gasteiger charge is -2.23. The van der Waals surface area contributed by atoms with Gasteiger partial charge in [0.2, 0.25) is 0 Å². The van der Waals surface area contributed by atoms with Gasteiger partial charge in [-0.2, -0.15) is 0 Å². The Morgan fingerprint density at radius 2 is 2.23 bits per heavy atom. The number of alkyl halides is 1. The Labute approximate surface area is 79.8 Å². The van der Waals surface area contributed by atoms with Crippen LogP contribution in [0.25, 0.3) is 0 Å². The van der Waals surface area contributed by atoms with Crippen LogP contribution in [-0.2, 0) is 4.79 Å². The fourth-order valence-corrected chi connectivity index (χ4v) is 1.59. The molecule has 0 heterocycles. The second kappa shape index (κ2) is 3.05. The predicted molar refractivity (Wildman–Crippen MR) is 46.5 cm³/mol. The molecule has 1 atom stereocenters. The molecule has 0 aromatic carbocycles. The minimum absolute atomic E-state index is 0.190. The quantitative estimate of drug-likeness (QED) is 0.560. The van der Waals surface area contributed by atoms with Crippen LogP contribution in [0.1, 0.15) is 13.3 Å². The first-order valence-electron chi connectivity index (χ1n) is 3.60. The molecule has 4 nitrogen and oxygen atoms in total. The summed E-state index contributed by atoms with van der Waals surface area (Å²) < 4.78 is 0. The van der Waals surface area contributed by atoms with E-state index in [0.717, 1.165) is 0 Å². The molecule has 3 N–H and O–H groups in total. The number of aliphatic hydroxyl groups is 2. The van der Waals surface area contributed by atoms with Crippen molar-refractivity contribution in [3.05, 3.63) is 23.0 Å². The van der Waals surface area contributed by atoms with Gasteiger partial charge in [-0.25, -0.2) is 4.79 Å². The molecule has 1 rings (SSSR count). The highest BCUT2D eigenvalue weighted by molar-refractivity contribution is 6.24. The van der Waals surface area contributed by atoms with E-state index >= 15 is 0 Å². The number of carboxylic acid groups (broad SMARTS) is 1. The lowest BCUT2D eigenvalue weighted by atomic mass is 9.95. The largest absolute Gasteiger partial charge is 0.511 e. The second-order valence-electron chi connectivity index (χ2n) is 2.95. The molecular formula is C8H9ClO4. The van der Waals surface area contributed by atoms with Gasteiger partial charge in [-0.15, -0.1) is 0 Å². The minimum atomic E-state index is -1.67. The van der Waals surface area contributed by atoms with Gasteiger partial charge in [-0.05, 0) is 18.6 Å². The van der Waals surface area contributed by atoms with E-state index in [9.17, 15) is 15.0 Å². The highest BCUT2D eigenvalue weighted by Crippen LogP contribution is 2.32. The van der Waals surface area contributed by atoms with Gasteiger partial charge in [-0.3, -0.25) is 0 Å². The van der Waals surface area contributed by atoms with Crippen LogP contribution >= 0.6 is 11.6 Å². The summed E-state index contributed by atoms with van der Waals surface area (Å²) in [6.07, 6.45) is 0.922. The number of carboxylic acids is 1. The summed E-state index contributed by atoms with van der Waals surface area (Å²) in [6, 6.07) is 0. The summed E-state index contributed by atoms with van der Waals surface area (Å²) in [7, 11) is 0. The lowest BCUT2D eigenvalue weighted by molar-refractivity contribution is -0.132. The van der Waals surface area contributed by atoms with Gasteiger partial charge in [-0.1, -0.05) is 11.6 Å². The summed E-state index contributed by atoms with van der Waals surface area (Å²) in [4.78, 5) is 10.6. The van der Waals surface area contributed by atoms with Crippen molar-refractivity contribution in [1.29, 1.82) is 0 Å². The SMILES string of the molecule is CC1=CC(O)(Cl)CC(O)=C1C(=O)O. The predicted octanol–water partition coefficient (Wildman–Crippen LogP) is 1.16. The van der Waals surface area contributed by atoms with E-state index in [1.54, 1.807) is 0 Å². The molecule has 0 amide bonds. The molecule has 1 aliphatic carbocycles. The minimum Gasteiger partial charge on any atom is -0.511 e. The van der Waals surface area contributed by atoms with Crippen molar-refractivity contribution in [3.8, 4) is 0 Å². The molecule has 0 saturated heterocycles. The molecule has 5 heteroatoms. The molecule has 72 valence electrons. The van der Waals surface area contributed by atoms with Crippen LogP contribution in [-0.4, -0.2) is 26.3 Å². The Bertz CT molecular complexity index is 314. The average Bonchev–Trinajstić information content (AvgIpc) is 1.78. The number of aliphatic carboxylic acids is 1. The lowest BCUT2D eigenvalue weighted by Crippen LogP contribution is -2.25. The van der Waals surface area contributed by atoms with Gasteiger partial charge in [0.05, 0.1) is 12.0 Å². The van der Waals surface area contributed by atoms with Crippen molar-refractivity contribution in [2.24, 2.45) is 0 Å². The molecule has 1 unspecified atom stereocenters. The van der Waals surface area contributed by atoms with E-state index in [4.69, 9.17) is 16.7 Å². The topological polar surface area (TPSA) is 77.8 Å². The number of hydrogen-bond donors (Lipinski definition) is 3. The first-order valence-corrected chi connectivity index (χ1v) is 3.98. The van der Waals surface area contributed by atoms with E-state index < -0.39 is 16.8 Å². The third-order valence-corrected chi connectivity index (χ3v) is 1.99. The normalized spacial score (nSPS) is 28.7. The molecule has 0 spiro atoms. The maximum Gasteiger partial charge on any atom is 0.339 e. The molecular weight excluding hydrogens is 196 g/mol. The van der Waals surface area contributed by atoms with Crippen LogP contribution in [0.5, 0.6) is 0 Å². The van der Waals surface area contributed by atoms with Crippen LogP contribution in [0.2, 0.25) is 0 Å². The number of halogens is 1. The third-order valence-electron chi connectivity index (χ3n) is 1.75. The van der Waals surface area contributed by atoms with Crippen LogP contribution in [0, 0.1) is 0 Å². The zero-order valence-electron chi connectivity index (χ0n) is 6.91. The van der Waals surface area contributed by atoms with E-state index in [1.165, 1.54) is 13.0 Å². The van der Waals surface area contributed by atoms with Crippen molar-refractivity contribution in [3.63, 3.8) is 0 Å². The number of hydrogen-bond acceptors (Lipinski definition) is 3. The maximum absolute atomic E-state index is 10.6. The highest BCUT2D eigenvalue weighted by atomic mass is 35.5. The first-order chi connectivity index (χ1) is 5.83. The Balaban J connectivity index is 3.13. The van der Waals surface area contributed by atoms with Gasteiger partial charge >= 0.3 is 5.97 Å². The Morgan fingerprint density at radius 1 is 1.69 bits per heavy atom. The monoisotopic (exact) mass is 204 g/mol. The molecule has 0 fully saturated rings. The number of carbonyl (C=O) groups is 1. The zero-order valence-corrected chi connectivity index (χ0v) is 7.67. The van der Waals surface area contributed by atoms with E-state index in [-0.39, 0.29) is 17.6 Å². The van der Waals surface area contributed by atoms with E-state index in [2.05, 4.69) is 0 Å². The van der Waals surface area contributed by atoms with Crippen molar-refractivity contribution < 1.29 is 20.1 Å². The average molecular weight is 205 g/mol. The summed E-state index contributed by atoms with van der Waals surface area (Å²) in [5.74, 6) is -1.62. The fourth-order valence-electron chi connectivity index (χ4n) is 1.30. The van der Waals surface area contributed by atoms with Gasteiger partial charge < -0.3 is 15.3 Å². The van der Waals surface area contributed by atoms with Crippen molar-refractivity contribution >= 4 is 17.6 Å². The molecule has 0 radical (unpaired) electrons. The van der Waals surface area contributed by atoms with Crippen LogP contribution in [0.4, 0.5) is 0 Å². The Hall–Kier alpha value is -1.00. The van der Waals surface area contributed by atoms with E-state index in [1.807, 2.05) is 0 Å². The van der Waals surface area contributed by atoms with Crippen molar-refractivity contribution in [2.45, 2.75) is 18.4 Å². The molecule has 0 aromatic rings. The van der Waals surface area contributed by atoms with Crippen LogP contribution in [0.15, 0.2) is 23.0 Å². The van der Waals surface area contributed by atoms with Gasteiger partial charge in [0.1, 0.15) is 5.76 Å². The summed E-state index contributed by atoms with van der Waals surface area (Å²) in [5, 5.41) is 25.6. The number of aliphatic hydroxyl groups excluding tert-OH is 1. The van der Waals surface area contributed by atoms with Gasteiger partial charge in [0.25, 0.3) is 0 Å². The molecule has 1 aliphatic rings. The molecule has 0 aliphatic heterocycles. The number of rotatable bonds is 1. The molecule has 0 bridgehead atoms. The first kappa shape index (κ1) is 10.1. The van der Waals surface area contributed by atoms with Gasteiger partial charge in [0.15, 0.2) is 5.06 Å². The smallest absolute Gasteiger partial charge is 0.339 e. The molecule has 0 aromatic heterocycles. The van der Waals surface area contributed by atoms with Crippen LogP contribution < -0.4 is 0 Å². The zero-order chi connectivity index (χ0) is 10.2. The van der Waals surface area contributed by atoms with E-state index in [0.29, 0.717) is 0 Å². The Kier molecular flexibility index (Phi) is 2.36. The van der Waals surface area contributed by atoms with Crippen molar-refractivity contribution in [1.82, 2.24) is 0 Å². The van der Waals surface area contributed by atoms with Crippen LogP contribution in [0.3, 0.4) is 0 Å². The molecule has 0 saturated carbocycles. The summed E-state index contributed by atoms with van der Waals surface area (Å²) >= 11 is 5.52. The van der Waals surface area contributed by atoms with Gasteiger partial charge in [0, 0.05) is 0 Å². The van der Waals surface area contributed by atoms with Crippen molar-refractivity contribution in [2.75, 3.05) is 0 Å². The Morgan fingerprint density at radius 3 is 2.62 bits per heavy atom.